The predicted molar refractivity (Wildman–Crippen MR) is 89.8 cm³/mol. The molecule has 0 bridgehead atoms. The van der Waals surface area contributed by atoms with Gasteiger partial charge < -0.3 is 0 Å². The molecule has 4 atom stereocenters. The fraction of sp³-hybridized carbons (Fsp3) is 0.714. The van der Waals surface area contributed by atoms with Crippen molar-refractivity contribution in [2.24, 2.45) is 17.3 Å². The van der Waals surface area contributed by atoms with Gasteiger partial charge in [-0.15, -0.1) is 0 Å². The highest BCUT2D eigenvalue weighted by molar-refractivity contribution is 5.44. The van der Waals surface area contributed by atoms with E-state index in [-0.39, 0.29) is 0 Å². The molecule has 0 amide bonds. The summed E-state index contributed by atoms with van der Waals surface area (Å²) in [6.07, 6.45) is 11.7. The first kappa shape index (κ1) is 13.9. The van der Waals surface area contributed by atoms with E-state index in [4.69, 9.17) is 0 Å². The summed E-state index contributed by atoms with van der Waals surface area (Å²) in [7, 11) is 0. The Bertz CT molecular complexity index is 555. The molecular formula is C21H30. The van der Waals surface area contributed by atoms with Gasteiger partial charge in [0.05, 0.1) is 0 Å². The number of hydrogen-bond acceptors (Lipinski definition) is 0. The minimum Gasteiger partial charge on any atom is -0.0591 e. The van der Waals surface area contributed by atoms with Gasteiger partial charge in [-0.3, -0.25) is 0 Å². The van der Waals surface area contributed by atoms with Crippen molar-refractivity contribution < 1.29 is 0 Å². The standard InChI is InChI=1S/C21H30/c1-14-7-9-18-17(15(14)2)11-12-20-19(18)10-8-16-6-4-5-13-21(16,20)3/h7,9,16,19-20H,4-6,8,10-13H2,1-3H3. The lowest BCUT2D eigenvalue weighted by Crippen LogP contribution is -2.46. The Morgan fingerprint density at radius 2 is 1.86 bits per heavy atom. The maximum atomic E-state index is 2.65. The second kappa shape index (κ2) is 4.86. The minimum absolute atomic E-state index is 0.650. The van der Waals surface area contributed by atoms with Crippen LogP contribution in [0.5, 0.6) is 0 Å². The summed E-state index contributed by atoms with van der Waals surface area (Å²) in [5.74, 6) is 2.86. The van der Waals surface area contributed by atoms with Crippen LogP contribution in [0.1, 0.15) is 80.0 Å². The molecule has 0 aliphatic heterocycles. The molecule has 4 unspecified atom stereocenters. The number of hydrogen-bond donors (Lipinski definition) is 0. The van der Waals surface area contributed by atoms with Crippen LogP contribution in [0.4, 0.5) is 0 Å². The van der Waals surface area contributed by atoms with Crippen LogP contribution < -0.4 is 0 Å². The summed E-state index contributed by atoms with van der Waals surface area (Å²) in [6.45, 7) is 7.28. The van der Waals surface area contributed by atoms with Crippen molar-refractivity contribution in [3.05, 3.63) is 34.4 Å². The van der Waals surface area contributed by atoms with Crippen molar-refractivity contribution in [3.8, 4) is 0 Å². The maximum absolute atomic E-state index is 2.65. The third-order valence-electron chi connectivity index (χ3n) is 7.62. The van der Waals surface area contributed by atoms with E-state index >= 15 is 0 Å². The Labute approximate surface area is 130 Å². The van der Waals surface area contributed by atoms with Gasteiger partial charge in [-0.05, 0) is 97.8 Å². The molecule has 0 heterocycles. The van der Waals surface area contributed by atoms with Crippen LogP contribution >= 0.6 is 0 Å². The van der Waals surface area contributed by atoms with Crippen molar-refractivity contribution in [1.82, 2.24) is 0 Å². The molecule has 3 aliphatic rings. The molecule has 0 saturated heterocycles. The quantitative estimate of drug-likeness (QED) is 0.552. The van der Waals surface area contributed by atoms with Gasteiger partial charge in [0.25, 0.3) is 0 Å². The SMILES string of the molecule is Cc1ccc2c(c1C)CCC1C2CCC2CCCCC21C. The molecule has 0 spiro atoms. The molecule has 4 rings (SSSR count). The molecule has 21 heavy (non-hydrogen) atoms. The fourth-order valence-electron chi connectivity index (χ4n) is 6.21. The van der Waals surface area contributed by atoms with E-state index in [1.165, 1.54) is 56.9 Å². The summed E-state index contributed by atoms with van der Waals surface area (Å²) < 4.78 is 0. The predicted octanol–water partition coefficient (Wildman–Crippen LogP) is 5.94. The summed E-state index contributed by atoms with van der Waals surface area (Å²) in [4.78, 5) is 0. The molecule has 0 N–H and O–H groups in total. The largest absolute Gasteiger partial charge is 0.0591 e. The van der Waals surface area contributed by atoms with Crippen molar-refractivity contribution >= 4 is 0 Å². The number of benzene rings is 1. The third kappa shape index (κ3) is 1.94. The van der Waals surface area contributed by atoms with E-state index < -0.39 is 0 Å². The second-order valence-corrected chi connectivity index (χ2v) is 8.35. The van der Waals surface area contributed by atoms with Crippen molar-refractivity contribution in [2.75, 3.05) is 0 Å². The average Bonchev–Trinajstić information content (AvgIpc) is 2.50. The summed E-state index contributed by atoms with van der Waals surface area (Å²) in [5.41, 5.74) is 7.18. The van der Waals surface area contributed by atoms with Gasteiger partial charge in [0.2, 0.25) is 0 Å². The summed E-state index contributed by atoms with van der Waals surface area (Å²) in [5, 5.41) is 0. The van der Waals surface area contributed by atoms with Crippen molar-refractivity contribution in [1.29, 1.82) is 0 Å². The minimum atomic E-state index is 0.650. The average molecular weight is 282 g/mol. The first-order valence-corrected chi connectivity index (χ1v) is 9.20. The van der Waals surface area contributed by atoms with E-state index in [1.807, 2.05) is 0 Å². The van der Waals surface area contributed by atoms with Gasteiger partial charge >= 0.3 is 0 Å². The molecule has 0 heteroatoms. The molecule has 1 aromatic carbocycles. The zero-order valence-electron chi connectivity index (χ0n) is 14.0. The van der Waals surface area contributed by atoms with E-state index in [2.05, 4.69) is 32.9 Å². The van der Waals surface area contributed by atoms with Gasteiger partial charge in [-0.2, -0.15) is 0 Å². The van der Waals surface area contributed by atoms with Gasteiger partial charge in [0, 0.05) is 0 Å². The highest BCUT2D eigenvalue weighted by Gasteiger charge is 2.50. The van der Waals surface area contributed by atoms with Crippen LogP contribution in [0.3, 0.4) is 0 Å². The highest BCUT2D eigenvalue weighted by Crippen LogP contribution is 2.60. The Morgan fingerprint density at radius 1 is 1.00 bits per heavy atom. The smallest absolute Gasteiger partial charge is 0.0125 e. The Morgan fingerprint density at radius 3 is 2.71 bits per heavy atom. The van der Waals surface area contributed by atoms with Crippen LogP contribution in [0, 0.1) is 31.1 Å². The number of rotatable bonds is 0. The van der Waals surface area contributed by atoms with Crippen molar-refractivity contribution in [3.63, 3.8) is 0 Å². The van der Waals surface area contributed by atoms with Crippen LogP contribution in [0.25, 0.3) is 0 Å². The lowest BCUT2D eigenvalue weighted by molar-refractivity contribution is -0.0204. The lowest BCUT2D eigenvalue weighted by atomic mass is 9.49. The monoisotopic (exact) mass is 282 g/mol. The Kier molecular flexibility index (Phi) is 3.21. The van der Waals surface area contributed by atoms with Crippen LogP contribution in [0.2, 0.25) is 0 Å². The van der Waals surface area contributed by atoms with Gasteiger partial charge in [-0.25, -0.2) is 0 Å². The van der Waals surface area contributed by atoms with E-state index in [0.29, 0.717) is 5.41 Å². The Balaban J connectivity index is 1.75. The third-order valence-corrected chi connectivity index (χ3v) is 7.62. The first-order valence-electron chi connectivity index (χ1n) is 9.20. The fourth-order valence-corrected chi connectivity index (χ4v) is 6.21. The zero-order chi connectivity index (χ0) is 14.6. The molecule has 2 saturated carbocycles. The van der Waals surface area contributed by atoms with Gasteiger partial charge in [-0.1, -0.05) is 31.9 Å². The molecule has 0 aromatic heterocycles. The molecule has 3 aliphatic carbocycles. The van der Waals surface area contributed by atoms with E-state index in [0.717, 1.165) is 17.8 Å². The number of aryl methyl sites for hydroxylation is 1. The second-order valence-electron chi connectivity index (χ2n) is 8.35. The lowest BCUT2D eigenvalue weighted by Gasteiger charge is -2.56. The molecular weight excluding hydrogens is 252 g/mol. The van der Waals surface area contributed by atoms with Crippen LogP contribution in [-0.4, -0.2) is 0 Å². The van der Waals surface area contributed by atoms with Crippen LogP contribution in [0.15, 0.2) is 12.1 Å². The van der Waals surface area contributed by atoms with Crippen LogP contribution in [-0.2, 0) is 6.42 Å². The number of fused-ring (bicyclic) bond motifs is 5. The van der Waals surface area contributed by atoms with Crippen molar-refractivity contribution in [2.45, 2.75) is 78.1 Å². The molecule has 2 fully saturated rings. The molecule has 114 valence electrons. The Hall–Kier alpha value is -0.780. The zero-order valence-corrected chi connectivity index (χ0v) is 14.0. The molecule has 0 nitrogen and oxygen atoms in total. The van der Waals surface area contributed by atoms with Gasteiger partial charge in [0.15, 0.2) is 0 Å². The topological polar surface area (TPSA) is 0 Å². The van der Waals surface area contributed by atoms with Gasteiger partial charge in [0.1, 0.15) is 0 Å². The maximum Gasteiger partial charge on any atom is -0.0125 e. The summed E-state index contributed by atoms with van der Waals surface area (Å²) >= 11 is 0. The van der Waals surface area contributed by atoms with E-state index in [1.54, 1.807) is 16.7 Å². The molecule has 0 radical (unpaired) electrons. The normalized spacial score (nSPS) is 38.3. The summed E-state index contributed by atoms with van der Waals surface area (Å²) in [6, 6.07) is 4.87. The first-order chi connectivity index (χ1) is 10.1. The van der Waals surface area contributed by atoms with E-state index in [9.17, 15) is 0 Å². The molecule has 1 aromatic rings. The highest BCUT2D eigenvalue weighted by atomic mass is 14.5.